The second kappa shape index (κ2) is 6.02. The van der Waals surface area contributed by atoms with Gasteiger partial charge < -0.3 is 10.6 Å². The smallest absolute Gasteiger partial charge is 0.235 e. The van der Waals surface area contributed by atoms with Crippen molar-refractivity contribution in [1.29, 1.82) is 0 Å². The Balaban J connectivity index is 1.84. The van der Waals surface area contributed by atoms with E-state index >= 15 is 0 Å². The van der Waals surface area contributed by atoms with E-state index in [1.165, 1.54) is 0 Å². The zero-order valence-corrected chi connectivity index (χ0v) is 11.5. The molecule has 0 aromatic heterocycles. The van der Waals surface area contributed by atoms with E-state index in [2.05, 4.69) is 10.6 Å². The van der Waals surface area contributed by atoms with Crippen LogP contribution in [0.15, 0.2) is 0 Å². The van der Waals surface area contributed by atoms with Crippen LogP contribution in [0.25, 0.3) is 0 Å². The molecule has 0 aromatic carbocycles. The number of hydrogen-bond donors (Lipinski definition) is 2. The van der Waals surface area contributed by atoms with Gasteiger partial charge in [-0.15, -0.1) is 0 Å². The summed E-state index contributed by atoms with van der Waals surface area (Å²) in [6.45, 7) is 1.36. The molecular formula is C12H22N2O3S. The molecule has 1 heterocycles. The summed E-state index contributed by atoms with van der Waals surface area (Å²) in [6.07, 6.45) is 5.77. The highest BCUT2D eigenvalue weighted by molar-refractivity contribution is 7.92. The molecule has 1 amide bonds. The molecule has 1 aliphatic carbocycles. The zero-order valence-electron chi connectivity index (χ0n) is 10.7. The summed E-state index contributed by atoms with van der Waals surface area (Å²) in [5.74, 6) is -0.678. The van der Waals surface area contributed by atoms with Crippen molar-refractivity contribution in [2.45, 2.75) is 49.8 Å². The number of amides is 1. The molecule has 2 fully saturated rings. The van der Waals surface area contributed by atoms with Crippen LogP contribution >= 0.6 is 0 Å². The van der Waals surface area contributed by atoms with Crippen molar-refractivity contribution in [3.63, 3.8) is 0 Å². The van der Waals surface area contributed by atoms with Gasteiger partial charge in [-0.2, -0.15) is 0 Å². The van der Waals surface area contributed by atoms with Crippen LogP contribution in [-0.4, -0.2) is 44.5 Å². The maximum Gasteiger partial charge on any atom is 0.235 e. The third kappa shape index (κ3) is 3.68. The highest BCUT2D eigenvalue weighted by Crippen LogP contribution is 2.18. The minimum absolute atomic E-state index is 0.192. The van der Waals surface area contributed by atoms with Crippen molar-refractivity contribution in [1.82, 2.24) is 10.6 Å². The number of sulfone groups is 1. The van der Waals surface area contributed by atoms with Gasteiger partial charge in [-0.1, -0.05) is 12.8 Å². The van der Waals surface area contributed by atoms with Crippen LogP contribution in [0.4, 0.5) is 0 Å². The Bertz CT molecular complexity index is 382. The maximum absolute atomic E-state index is 12.1. The first kappa shape index (κ1) is 13.8. The molecule has 2 N–H and O–H groups in total. The molecule has 1 aliphatic heterocycles. The molecule has 0 spiro atoms. The monoisotopic (exact) mass is 274 g/mol. The highest BCUT2D eigenvalue weighted by Gasteiger charge is 2.30. The van der Waals surface area contributed by atoms with Gasteiger partial charge in [0.15, 0.2) is 9.84 Å². The molecule has 2 rings (SSSR count). The van der Waals surface area contributed by atoms with Gasteiger partial charge in [0.2, 0.25) is 5.91 Å². The normalized spacial score (nSPS) is 26.1. The average molecular weight is 274 g/mol. The zero-order chi connectivity index (χ0) is 13.0. The average Bonchev–Trinajstić information content (AvgIpc) is 2.82. The number of carbonyl (C=O) groups is 1. The fraction of sp³-hybridized carbons (Fsp3) is 0.917. The van der Waals surface area contributed by atoms with Crippen molar-refractivity contribution in [2.75, 3.05) is 18.8 Å². The molecule has 1 saturated carbocycles. The number of piperidine rings is 1. The second-order valence-corrected chi connectivity index (χ2v) is 7.61. The lowest BCUT2D eigenvalue weighted by atomic mass is 10.2. The molecule has 0 bridgehead atoms. The molecule has 6 heteroatoms. The lowest BCUT2D eigenvalue weighted by molar-refractivity contribution is -0.119. The van der Waals surface area contributed by atoms with E-state index in [4.69, 9.17) is 0 Å². The fourth-order valence-electron chi connectivity index (χ4n) is 2.77. The second-order valence-electron chi connectivity index (χ2n) is 5.32. The Hall–Kier alpha value is -0.620. The summed E-state index contributed by atoms with van der Waals surface area (Å²) in [5.41, 5.74) is 0. The van der Waals surface area contributed by atoms with Crippen LogP contribution < -0.4 is 10.6 Å². The summed E-state index contributed by atoms with van der Waals surface area (Å²) in [7, 11) is -3.30. The van der Waals surface area contributed by atoms with E-state index in [1.54, 1.807) is 0 Å². The Labute approximate surface area is 109 Å². The summed E-state index contributed by atoms with van der Waals surface area (Å²) in [5, 5.41) is 5.52. The molecule has 104 valence electrons. The lowest BCUT2D eigenvalue weighted by Crippen LogP contribution is -2.44. The Kier molecular flexibility index (Phi) is 4.61. The van der Waals surface area contributed by atoms with Crippen LogP contribution in [0.3, 0.4) is 0 Å². The van der Waals surface area contributed by atoms with Gasteiger partial charge in [0, 0.05) is 12.6 Å². The third-order valence-electron chi connectivity index (χ3n) is 3.81. The van der Waals surface area contributed by atoms with Gasteiger partial charge in [-0.3, -0.25) is 4.79 Å². The van der Waals surface area contributed by atoms with Crippen molar-refractivity contribution in [2.24, 2.45) is 0 Å². The van der Waals surface area contributed by atoms with Gasteiger partial charge in [-0.05, 0) is 32.2 Å². The summed E-state index contributed by atoms with van der Waals surface area (Å²) in [6, 6.07) is 0.192. The first-order valence-corrected chi connectivity index (χ1v) is 8.51. The fourth-order valence-corrected chi connectivity index (χ4v) is 4.35. The van der Waals surface area contributed by atoms with Gasteiger partial charge in [0.1, 0.15) is 5.75 Å². The Morgan fingerprint density at radius 3 is 2.50 bits per heavy atom. The number of hydrogen-bond acceptors (Lipinski definition) is 4. The Morgan fingerprint density at radius 1 is 1.17 bits per heavy atom. The lowest BCUT2D eigenvalue weighted by Gasteiger charge is -2.22. The van der Waals surface area contributed by atoms with E-state index in [9.17, 15) is 13.2 Å². The number of carbonyl (C=O) groups excluding carboxylic acids is 1. The van der Waals surface area contributed by atoms with E-state index in [1.807, 2.05) is 0 Å². The third-order valence-corrected chi connectivity index (χ3v) is 5.89. The van der Waals surface area contributed by atoms with E-state index in [-0.39, 0.29) is 23.0 Å². The summed E-state index contributed by atoms with van der Waals surface area (Å²) < 4.78 is 24.1. The largest absolute Gasteiger partial charge is 0.352 e. The first-order chi connectivity index (χ1) is 8.58. The maximum atomic E-state index is 12.1. The predicted octanol–water partition coefficient (Wildman–Crippen LogP) is 0.212. The highest BCUT2D eigenvalue weighted by atomic mass is 32.2. The van der Waals surface area contributed by atoms with Crippen molar-refractivity contribution in [3.8, 4) is 0 Å². The van der Waals surface area contributed by atoms with Crippen LogP contribution in [0, 0.1) is 0 Å². The molecular weight excluding hydrogens is 252 g/mol. The van der Waals surface area contributed by atoms with Crippen molar-refractivity contribution >= 4 is 15.7 Å². The van der Waals surface area contributed by atoms with Crippen LogP contribution in [0.2, 0.25) is 0 Å². The summed E-state index contributed by atoms with van der Waals surface area (Å²) in [4.78, 5) is 11.7. The molecule has 0 aromatic rings. The topological polar surface area (TPSA) is 75.3 Å². The quantitative estimate of drug-likeness (QED) is 0.768. The van der Waals surface area contributed by atoms with Gasteiger partial charge >= 0.3 is 0 Å². The van der Waals surface area contributed by atoms with Crippen LogP contribution in [0.5, 0.6) is 0 Å². The van der Waals surface area contributed by atoms with Gasteiger partial charge in [-0.25, -0.2) is 8.42 Å². The van der Waals surface area contributed by atoms with Crippen molar-refractivity contribution in [3.05, 3.63) is 0 Å². The molecule has 0 radical (unpaired) electrons. The molecule has 1 unspecified atom stereocenters. The molecule has 5 nitrogen and oxygen atoms in total. The molecule has 1 atom stereocenters. The first-order valence-electron chi connectivity index (χ1n) is 6.79. The molecule has 1 saturated heterocycles. The van der Waals surface area contributed by atoms with E-state index < -0.39 is 9.84 Å². The van der Waals surface area contributed by atoms with E-state index in [0.29, 0.717) is 13.0 Å². The minimum atomic E-state index is -3.30. The van der Waals surface area contributed by atoms with Crippen LogP contribution in [-0.2, 0) is 14.6 Å². The molecule has 18 heavy (non-hydrogen) atoms. The number of rotatable bonds is 4. The standard InChI is InChI=1S/C12H22N2O3S/c15-12(14-10-4-1-2-5-10)9-18(16,17)11-6-3-7-13-8-11/h10-11,13H,1-9H2,(H,14,15). The number of nitrogens with one attached hydrogen (secondary N) is 2. The van der Waals surface area contributed by atoms with E-state index in [0.717, 1.165) is 38.6 Å². The van der Waals surface area contributed by atoms with Crippen molar-refractivity contribution < 1.29 is 13.2 Å². The molecule has 2 aliphatic rings. The minimum Gasteiger partial charge on any atom is -0.352 e. The van der Waals surface area contributed by atoms with Gasteiger partial charge in [0.05, 0.1) is 5.25 Å². The van der Waals surface area contributed by atoms with Crippen LogP contribution in [0.1, 0.15) is 38.5 Å². The SMILES string of the molecule is O=C(CS(=O)(=O)C1CCCNC1)NC1CCCC1. The predicted molar refractivity (Wildman–Crippen MR) is 70.1 cm³/mol. The van der Waals surface area contributed by atoms with Gasteiger partial charge in [0.25, 0.3) is 0 Å². The Morgan fingerprint density at radius 2 is 1.89 bits per heavy atom. The summed E-state index contributed by atoms with van der Waals surface area (Å²) >= 11 is 0.